The Labute approximate surface area is 132 Å². The summed E-state index contributed by atoms with van der Waals surface area (Å²) >= 11 is 0. The maximum atomic E-state index is 12.3. The molecule has 1 heterocycles. The van der Waals surface area contributed by atoms with Gasteiger partial charge < -0.3 is 10.2 Å². The van der Waals surface area contributed by atoms with Gasteiger partial charge in [0.1, 0.15) is 0 Å². The first kappa shape index (κ1) is 15.1. The molecule has 2 aliphatic carbocycles. The molecule has 0 aromatic carbocycles. The van der Waals surface area contributed by atoms with Crippen LogP contribution in [0, 0.1) is 17.8 Å². The Bertz CT molecular complexity index is 528. The van der Waals surface area contributed by atoms with Crippen molar-refractivity contribution in [2.45, 2.75) is 26.2 Å². The van der Waals surface area contributed by atoms with Gasteiger partial charge in [-0.2, -0.15) is 0 Å². The van der Waals surface area contributed by atoms with Crippen LogP contribution in [0.15, 0.2) is 36.5 Å². The average Bonchev–Trinajstić information content (AvgIpc) is 3.15. The fourth-order valence-corrected chi connectivity index (χ4v) is 3.72. The number of amides is 2. The molecule has 0 aliphatic heterocycles. The third-order valence-corrected chi connectivity index (χ3v) is 4.85. The van der Waals surface area contributed by atoms with Crippen LogP contribution in [0.4, 0.5) is 4.79 Å². The van der Waals surface area contributed by atoms with Gasteiger partial charge in [0.2, 0.25) is 0 Å². The smallest absolute Gasteiger partial charge is 0.317 e. The van der Waals surface area contributed by atoms with Crippen molar-refractivity contribution in [3.05, 3.63) is 42.2 Å². The minimum absolute atomic E-state index is 0.0604. The Kier molecular flexibility index (Phi) is 4.76. The second-order valence-corrected chi connectivity index (χ2v) is 6.39. The highest BCUT2D eigenvalue weighted by Crippen LogP contribution is 2.43. The number of hydrogen-bond acceptors (Lipinski definition) is 2. The maximum Gasteiger partial charge on any atom is 0.317 e. The number of carbonyl (C=O) groups is 1. The number of fused-ring (bicyclic) bond motifs is 2. The molecule has 0 saturated heterocycles. The van der Waals surface area contributed by atoms with Gasteiger partial charge in [0.05, 0.1) is 0 Å². The number of nitrogens with one attached hydrogen (secondary N) is 1. The van der Waals surface area contributed by atoms with Crippen LogP contribution in [0.5, 0.6) is 0 Å². The molecule has 0 spiro atoms. The largest absolute Gasteiger partial charge is 0.338 e. The minimum Gasteiger partial charge on any atom is -0.338 e. The number of aromatic nitrogens is 1. The van der Waals surface area contributed by atoms with E-state index in [0.717, 1.165) is 31.1 Å². The number of pyridine rings is 1. The molecule has 2 aliphatic rings. The quantitative estimate of drug-likeness (QED) is 0.821. The molecule has 3 rings (SSSR count). The summed E-state index contributed by atoms with van der Waals surface area (Å²) in [4.78, 5) is 18.7. The van der Waals surface area contributed by atoms with E-state index in [1.54, 1.807) is 0 Å². The molecule has 2 amide bonds. The lowest BCUT2D eigenvalue weighted by Gasteiger charge is -2.28. The van der Waals surface area contributed by atoms with Gasteiger partial charge in [-0.25, -0.2) is 4.79 Å². The third-order valence-electron chi connectivity index (χ3n) is 4.85. The molecular formula is C18H25N3O. The summed E-state index contributed by atoms with van der Waals surface area (Å²) < 4.78 is 0. The van der Waals surface area contributed by atoms with E-state index in [9.17, 15) is 4.79 Å². The van der Waals surface area contributed by atoms with Crippen LogP contribution in [0.25, 0.3) is 0 Å². The number of rotatable bonds is 6. The third kappa shape index (κ3) is 3.49. The molecule has 3 unspecified atom stereocenters. The summed E-state index contributed by atoms with van der Waals surface area (Å²) in [5.74, 6) is 2.06. The van der Waals surface area contributed by atoms with E-state index in [1.807, 2.05) is 36.2 Å². The van der Waals surface area contributed by atoms with Crippen LogP contribution < -0.4 is 5.32 Å². The van der Waals surface area contributed by atoms with Crippen molar-refractivity contribution in [2.24, 2.45) is 17.8 Å². The zero-order valence-corrected chi connectivity index (χ0v) is 13.2. The van der Waals surface area contributed by atoms with Crippen molar-refractivity contribution in [1.82, 2.24) is 15.2 Å². The van der Waals surface area contributed by atoms with Crippen molar-refractivity contribution < 1.29 is 4.79 Å². The SMILES string of the molecule is CCNC(=O)N(CCc1ccccn1)CC1CC2C=CC1C2. The molecule has 22 heavy (non-hydrogen) atoms. The topological polar surface area (TPSA) is 45.2 Å². The first-order valence-electron chi connectivity index (χ1n) is 8.37. The van der Waals surface area contributed by atoms with Gasteiger partial charge in [0.15, 0.2) is 0 Å². The summed E-state index contributed by atoms with van der Waals surface area (Å²) in [7, 11) is 0. The van der Waals surface area contributed by atoms with Crippen molar-refractivity contribution >= 4 is 6.03 Å². The van der Waals surface area contributed by atoms with E-state index in [0.29, 0.717) is 18.4 Å². The van der Waals surface area contributed by atoms with E-state index in [1.165, 1.54) is 12.8 Å². The molecule has 3 atom stereocenters. The number of hydrogen-bond donors (Lipinski definition) is 1. The Morgan fingerprint density at radius 2 is 2.27 bits per heavy atom. The van der Waals surface area contributed by atoms with Crippen molar-refractivity contribution in [1.29, 1.82) is 0 Å². The minimum atomic E-state index is 0.0604. The van der Waals surface area contributed by atoms with E-state index < -0.39 is 0 Å². The van der Waals surface area contributed by atoms with Crippen molar-refractivity contribution in [3.63, 3.8) is 0 Å². The fraction of sp³-hybridized carbons (Fsp3) is 0.556. The van der Waals surface area contributed by atoms with Gasteiger partial charge in [0, 0.05) is 37.9 Å². The second kappa shape index (κ2) is 6.95. The number of allylic oxidation sites excluding steroid dienone is 2. The molecule has 1 saturated carbocycles. The highest BCUT2D eigenvalue weighted by atomic mass is 16.2. The summed E-state index contributed by atoms with van der Waals surface area (Å²) in [6.07, 6.45) is 9.86. The lowest BCUT2D eigenvalue weighted by Crippen LogP contribution is -2.44. The first-order valence-corrected chi connectivity index (χ1v) is 8.37. The predicted molar refractivity (Wildman–Crippen MR) is 87.4 cm³/mol. The summed E-state index contributed by atoms with van der Waals surface area (Å²) in [6.45, 7) is 4.25. The van der Waals surface area contributed by atoms with Gasteiger partial charge in [-0.15, -0.1) is 0 Å². The highest BCUT2D eigenvalue weighted by Gasteiger charge is 2.36. The van der Waals surface area contributed by atoms with E-state index in [4.69, 9.17) is 0 Å². The number of carbonyl (C=O) groups excluding carboxylic acids is 1. The van der Waals surface area contributed by atoms with Crippen molar-refractivity contribution in [3.8, 4) is 0 Å². The van der Waals surface area contributed by atoms with E-state index in [2.05, 4.69) is 22.5 Å². The molecule has 1 aromatic heterocycles. The van der Waals surface area contributed by atoms with Crippen molar-refractivity contribution in [2.75, 3.05) is 19.6 Å². The predicted octanol–water partition coefficient (Wildman–Crippen LogP) is 2.87. The Hall–Kier alpha value is -1.84. The lowest BCUT2D eigenvalue weighted by atomic mass is 9.93. The molecule has 1 N–H and O–H groups in total. The standard InChI is InChI=1S/C18H25N3O/c1-2-19-18(22)21(10-8-17-5-3-4-9-20-17)13-16-12-14-6-7-15(16)11-14/h3-7,9,14-16H,2,8,10-13H2,1H3,(H,19,22). The normalized spacial score (nSPS) is 25.4. The molecular weight excluding hydrogens is 274 g/mol. The summed E-state index contributed by atoms with van der Waals surface area (Å²) in [6, 6.07) is 6.01. The fourth-order valence-electron chi connectivity index (χ4n) is 3.72. The molecule has 4 nitrogen and oxygen atoms in total. The second-order valence-electron chi connectivity index (χ2n) is 6.39. The summed E-state index contributed by atoms with van der Waals surface area (Å²) in [5.41, 5.74) is 1.05. The monoisotopic (exact) mass is 299 g/mol. The zero-order chi connectivity index (χ0) is 15.4. The van der Waals surface area contributed by atoms with Gasteiger partial charge >= 0.3 is 6.03 Å². The van der Waals surface area contributed by atoms with Crippen LogP contribution in [0.3, 0.4) is 0 Å². The molecule has 1 fully saturated rings. The Morgan fingerprint density at radius 3 is 2.91 bits per heavy atom. The van der Waals surface area contributed by atoms with Crippen LogP contribution >= 0.6 is 0 Å². The average molecular weight is 299 g/mol. The van der Waals surface area contributed by atoms with E-state index >= 15 is 0 Å². The van der Waals surface area contributed by atoms with Crippen LogP contribution in [0.2, 0.25) is 0 Å². The van der Waals surface area contributed by atoms with Crippen LogP contribution in [0.1, 0.15) is 25.5 Å². The first-order chi connectivity index (χ1) is 10.8. The van der Waals surface area contributed by atoms with Crippen LogP contribution in [-0.2, 0) is 6.42 Å². The molecule has 2 bridgehead atoms. The molecule has 1 aromatic rings. The molecule has 118 valence electrons. The maximum absolute atomic E-state index is 12.3. The Morgan fingerprint density at radius 1 is 1.36 bits per heavy atom. The molecule has 0 radical (unpaired) electrons. The molecule has 4 heteroatoms. The van der Waals surface area contributed by atoms with Gasteiger partial charge in [-0.05, 0) is 49.7 Å². The van der Waals surface area contributed by atoms with Gasteiger partial charge in [-0.1, -0.05) is 18.2 Å². The number of nitrogens with zero attached hydrogens (tertiary/aromatic N) is 2. The lowest BCUT2D eigenvalue weighted by molar-refractivity contribution is 0.183. The Balaban J connectivity index is 1.59. The zero-order valence-electron chi connectivity index (χ0n) is 13.2. The van der Waals surface area contributed by atoms with Gasteiger partial charge in [-0.3, -0.25) is 4.98 Å². The number of urea groups is 1. The highest BCUT2D eigenvalue weighted by molar-refractivity contribution is 5.74. The van der Waals surface area contributed by atoms with E-state index in [-0.39, 0.29) is 6.03 Å². The van der Waals surface area contributed by atoms with Crippen LogP contribution in [-0.4, -0.2) is 35.5 Å². The summed E-state index contributed by atoms with van der Waals surface area (Å²) in [5, 5.41) is 2.95. The van der Waals surface area contributed by atoms with Gasteiger partial charge in [0.25, 0.3) is 0 Å².